The molecule has 0 radical (unpaired) electrons. The molecule has 33 heavy (non-hydrogen) atoms. The Morgan fingerprint density at radius 2 is 2.21 bits per heavy atom. The van der Waals surface area contributed by atoms with Gasteiger partial charge in [-0.05, 0) is 50.1 Å². The lowest BCUT2D eigenvalue weighted by atomic mass is 9.85. The number of Topliss-reactive ketones (excluding diaryl/α,β-unsaturated/α-hetero) is 1. The zero-order valence-corrected chi connectivity index (χ0v) is 18.1. The molecule has 0 unspecified atom stereocenters. The van der Waals surface area contributed by atoms with Gasteiger partial charge in [-0.25, -0.2) is 15.0 Å². The number of imidazole rings is 1. The summed E-state index contributed by atoms with van der Waals surface area (Å²) in [5.74, 6) is 1.51. The number of H-pyrrole nitrogens is 1. The summed E-state index contributed by atoms with van der Waals surface area (Å²) < 4.78 is 6.28. The van der Waals surface area contributed by atoms with Crippen molar-refractivity contribution >= 4 is 28.5 Å². The maximum absolute atomic E-state index is 13.0. The van der Waals surface area contributed by atoms with Crippen molar-refractivity contribution < 1.29 is 9.53 Å². The second-order valence-electron chi connectivity index (χ2n) is 8.19. The van der Waals surface area contributed by atoms with Crippen molar-refractivity contribution in [1.82, 2.24) is 19.9 Å². The highest BCUT2D eigenvalue weighted by atomic mass is 16.5. The van der Waals surface area contributed by atoms with Crippen LogP contribution in [0.25, 0.3) is 11.2 Å². The van der Waals surface area contributed by atoms with E-state index in [1.807, 2.05) is 18.2 Å². The van der Waals surface area contributed by atoms with Gasteiger partial charge in [0.2, 0.25) is 0 Å². The van der Waals surface area contributed by atoms with Gasteiger partial charge >= 0.3 is 0 Å². The standard InChI is InChI=1S/C24H25N7O2/c25-9-8-16(26)11-15-6-7-18-19(22(15)32)4-1-5-20(18)33-12-17-3-2-10-31(17)24-21-23(28-13-27-21)29-14-30-24/h1,4-5,8-9,11,13-14,17,26H,2-3,6-7,10,12,25H2,(H,27,28,29,30)/b9-8-,15-11-,26-16?/t17-/m1/s1. The smallest absolute Gasteiger partial charge is 0.189 e. The summed E-state index contributed by atoms with van der Waals surface area (Å²) in [4.78, 5) is 31.4. The van der Waals surface area contributed by atoms with Crippen molar-refractivity contribution in [3.05, 3.63) is 65.9 Å². The molecule has 5 rings (SSSR count). The molecule has 1 aliphatic carbocycles. The monoisotopic (exact) mass is 443 g/mol. The number of hydrogen-bond acceptors (Lipinski definition) is 8. The van der Waals surface area contributed by atoms with Crippen molar-refractivity contribution in [1.29, 1.82) is 5.41 Å². The Morgan fingerprint density at radius 1 is 1.30 bits per heavy atom. The average Bonchev–Trinajstić information content (AvgIpc) is 3.49. The molecule has 9 nitrogen and oxygen atoms in total. The van der Waals surface area contributed by atoms with Crippen LogP contribution in [0.15, 0.2) is 54.8 Å². The van der Waals surface area contributed by atoms with Crippen LogP contribution in [0.3, 0.4) is 0 Å². The first-order valence-corrected chi connectivity index (χ1v) is 11.0. The minimum absolute atomic E-state index is 0.0544. The van der Waals surface area contributed by atoms with Crippen molar-refractivity contribution in [2.24, 2.45) is 5.73 Å². The van der Waals surface area contributed by atoms with Gasteiger partial charge in [0.1, 0.15) is 24.2 Å². The van der Waals surface area contributed by atoms with Gasteiger partial charge in [0.15, 0.2) is 17.2 Å². The third-order valence-electron chi connectivity index (χ3n) is 6.20. The maximum Gasteiger partial charge on any atom is 0.189 e. The molecule has 0 spiro atoms. The number of benzene rings is 1. The van der Waals surface area contributed by atoms with Gasteiger partial charge in [0, 0.05) is 23.2 Å². The van der Waals surface area contributed by atoms with E-state index in [1.165, 1.54) is 12.3 Å². The summed E-state index contributed by atoms with van der Waals surface area (Å²) in [5, 5.41) is 7.89. The molecule has 3 heterocycles. The molecule has 0 amide bonds. The second-order valence-corrected chi connectivity index (χ2v) is 8.19. The van der Waals surface area contributed by atoms with Gasteiger partial charge in [-0.3, -0.25) is 4.79 Å². The maximum atomic E-state index is 13.0. The Morgan fingerprint density at radius 3 is 3.09 bits per heavy atom. The predicted molar refractivity (Wildman–Crippen MR) is 126 cm³/mol. The molecule has 4 N–H and O–H groups in total. The molecular formula is C24H25N7O2. The third kappa shape index (κ3) is 3.97. The number of ketones is 1. The number of aromatic amines is 1. The second kappa shape index (κ2) is 8.85. The summed E-state index contributed by atoms with van der Waals surface area (Å²) in [6.45, 7) is 1.38. The highest BCUT2D eigenvalue weighted by Gasteiger charge is 2.30. The van der Waals surface area contributed by atoms with Crippen molar-refractivity contribution in [2.45, 2.75) is 31.7 Å². The first kappa shape index (κ1) is 20.9. The molecule has 1 atom stereocenters. The van der Waals surface area contributed by atoms with Crippen LogP contribution in [0.5, 0.6) is 5.75 Å². The van der Waals surface area contributed by atoms with E-state index in [0.29, 0.717) is 30.6 Å². The summed E-state index contributed by atoms with van der Waals surface area (Å²) in [6, 6.07) is 5.77. The molecule has 3 aromatic rings. The van der Waals surface area contributed by atoms with E-state index in [0.717, 1.165) is 47.7 Å². The first-order valence-electron chi connectivity index (χ1n) is 11.0. The summed E-state index contributed by atoms with van der Waals surface area (Å²) in [5.41, 5.74) is 9.26. The molecule has 2 aromatic heterocycles. The van der Waals surface area contributed by atoms with E-state index in [2.05, 4.69) is 24.8 Å². The third-order valence-corrected chi connectivity index (χ3v) is 6.20. The van der Waals surface area contributed by atoms with Crippen molar-refractivity contribution in [3.8, 4) is 5.75 Å². The van der Waals surface area contributed by atoms with Gasteiger partial charge in [-0.2, -0.15) is 0 Å². The van der Waals surface area contributed by atoms with E-state index in [1.54, 1.807) is 18.7 Å². The largest absolute Gasteiger partial charge is 0.491 e. The molecule has 1 saturated heterocycles. The Kier molecular flexibility index (Phi) is 5.60. The van der Waals surface area contributed by atoms with E-state index < -0.39 is 0 Å². The number of nitrogens with two attached hydrogens (primary N) is 1. The number of allylic oxidation sites excluding steroid dienone is 3. The zero-order valence-electron chi connectivity index (χ0n) is 18.1. The van der Waals surface area contributed by atoms with Crippen LogP contribution in [0, 0.1) is 5.41 Å². The lowest BCUT2D eigenvalue weighted by Crippen LogP contribution is -2.35. The molecule has 1 fully saturated rings. The van der Waals surface area contributed by atoms with Crippen molar-refractivity contribution in [3.63, 3.8) is 0 Å². The number of rotatable bonds is 6. The van der Waals surface area contributed by atoms with E-state index in [4.69, 9.17) is 15.9 Å². The fraction of sp³-hybridized carbons (Fsp3) is 0.292. The molecular weight excluding hydrogens is 418 g/mol. The molecule has 9 heteroatoms. The normalized spacial score (nSPS) is 19.5. The number of anilines is 1. The molecule has 2 aliphatic rings. The summed E-state index contributed by atoms with van der Waals surface area (Å²) in [6.07, 6.45) is 10.9. The number of carbonyl (C=O) groups is 1. The van der Waals surface area contributed by atoms with Crippen LogP contribution in [0.2, 0.25) is 0 Å². The first-order chi connectivity index (χ1) is 16.2. The van der Waals surface area contributed by atoms with Gasteiger partial charge in [-0.15, -0.1) is 0 Å². The highest BCUT2D eigenvalue weighted by Crippen LogP contribution is 2.33. The van der Waals surface area contributed by atoms with Gasteiger partial charge in [0.25, 0.3) is 0 Å². The number of aromatic nitrogens is 4. The molecule has 1 aromatic carbocycles. The lowest BCUT2D eigenvalue weighted by molar-refractivity contribution is 0.102. The highest BCUT2D eigenvalue weighted by molar-refractivity contribution is 6.15. The number of hydrogen-bond donors (Lipinski definition) is 3. The molecule has 0 saturated carbocycles. The summed E-state index contributed by atoms with van der Waals surface area (Å²) >= 11 is 0. The Labute approximate surface area is 190 Å². The number of carbonyl (C=O) groups excluding carboxylic acids is 1. The zero-order chi connectivity index (χ0) is 22.8. The SMILES string of the molecule is N=C(/C=C\N)/C=C1/CCc2c(OC[C@H]3CCCN3c3ncnc4[nH]cnc34)cccc2C1=O. The molecule has 0 bridgehead atoms. The Bertz CT molecular complexity index is 1280. The summed E-state index contributed by atoms with van der Waals surface area (Å²) in [7, 11) is 0. The van der Waals surface area contributed by atoms with Crippen LogP contribution >= 0.6 is 0 Å². The number of ether oxygens (including phenoxy) is 1. The Balaban J connectivity index is 1.34. The quantitative estimate of drug-likeness (QED) is 0.394. The lowest BCUT2D eigenvalue weighted by Gasteiger charge is -2.27. The van der Waals surface area contributed by atoms with Crippen LogP contribution in [0.4, 0.5) is 5.82 Å². The van der Waals surface area contributed by atoms with E-state index >= 15 is 0 Å². The number of fused-ring (bicyclic) bond motifs is 2. The van der Waals surface area contributed by atoms with E-state index in [-0.39, 0.29) is 17.5 Å². The van der Waals surface area contributed by atoms with Gasteiger partial charge in [-0.1, -0.05) is 12.1 Å². The molecule has 1 aliphatic heterocycles. The fourth-order valence-corrected chi connectivity index (χ4v) is 4.63. The topological polar surface area (TPSA) is 134 Å². The van der Waals surface area contributed by atoms with Crippen LogP contribution in [-0.2, 0) is 6.42 Å². The minimum Gasteiger partial charge on any atom is -0.491 e. The van der Waals surface area contributed by atoms with Crippen molar-refractivity contribution in [2.75, 3.05) is 18.1 Å². The number of nitrogens with zero attached hydrogens (tertiary/aromatic N) is 4. The fourth-order valence-electron chi connectivity index (χ4n) is 4.63. The van der Waals surface area contributed by atoms with Gasteiger partial charge in [0.05, 0.1) is 18.1 Å². The number of nitrogens with one attached hydrogen (secondary N) is 2. The molecule has 168 valence electrons. The van der Waals surface area contributed by atoms with Crippen LogP contribution in [0.1, 0.15) is 35.2 Å². The van der Waals surface area contributed by atoms with Crippen LogP contribution < -0.4 is 15.4 Å². The Hall–Kier alpha value is -4.01. The predicted octanol–water partition coefficient (Wildman–Crippen LogP) is 2.95. The average molecular weight is 444 g/mol. The van der Waals surface area contributed by atoms with Gasteiger partial charge < -0.3 is 25.8 Å². The van der Waals surface area contributed by atoms with Crippen LogP contribution in [-0.4, -0.2) is 50.6 Å². The minimum atomic E-state index is -0.0544. The van der Waals surface area contributed by atoms with E-state index in [9.17, 15) is 4.79 Å².